The van der Waals surface area contributed by atoms with E-state index in [4.69, 9.17) is 0 Å². The molecule has 1 fully saturated rings. The highest BCUT2D eigenvalue weighted by atomic mass is 14.4. The second-order valence-corrected chi connectivity index (χ2v) is 4.51. The number of hydrogen-bond acceptors (Lipinski definition) is 0. The van der Waals surface area contributed by atoms with Gasteiger partial charge in [-0.2, -0.15) is 0 Å². The summed E-state index contributed by atoms with van der Waals surface area (Å²) in [7, 11) is 0. The van der Waals surface area contributed by atoms with Crippen LogP contribution in [0.25, 0.3) is 0 Å². The van der Waals surface area contributed by atoms with Gasteiger partial charge in [0.25, 0.3) is 0 Å². The molecule has 0 heteroatoms. The average Bonchev–Trinajstić information content (AvgIpc) is 2.65. The maximum absolute atomic E-state index is 2.46. The summed E-state index contributed by atoms with van der Waals surface area (Å²) < 4.78 is 0. The molecule has 3 atom stereocenters. The second-order valence-electron chi connectivity index (χ2n) is 4.51. The Hall–Kier alpha value is -0.780. The molecule has 3 unspecified atom stereocenters. The number of allylic oxidation sites excluding steroid dienone is 6. The fourth-order valence-electron chi connectivity index (χ4n) is 3.18. The van der Waals surface area contributed by atoms with Crippen molar-refractivity contribution < 1.29 is 0 Å². The van der Waals surface area contributed by atoms with Crippen molar-refractivity contribution in [2.24, 2.45) is 17.8 Å². The van der Waals surface area contributed by atoms with Crippen LogP contribution in [-0.2, 0) is 0 Å². The molecule has 0 aromatic heterocycles. The second kappa shape index (κ2) is 2.87. The quantitative estimate of drug-likeness (QED) is 0.491. The van der Waals surface area contributed by atoms with Gasteiger partial charge < -0.3 is 0 Å². The summed E-state index contributed by atoms with van der Waals surface area (Å²) in [5, 5.41) is 0. The van der Waals surface area contributed by atoms with E-state index in [1.807, 2.05) is 0 Å². The van der Waals surface area contributed by atoms with E-state index < -0.39 is 0 Å². The molecule has 0 bridgehead atoms. The van der Waals surface area contributed by atoms with Crippen LogP contribution < -0.4 is 0 Å². The maximum atomic E-state index is 2.46. The van der Waals surface area contributed by atoms with E-state index in [1.165, 1.54) is 19.3 Å². The Labute approximate surface area is 80.0 Å². The van der Waals surface area contributed by atoms with Gasteiger partial charge in [0.2, 0.25) is 0 Å². The molecular weight excluding hydrogens is 156 g/mol. The van der Waals surface area contributed by atoms with Gasteiger partial charge in [-0.1, -0.05) is 36.8 Å². The lowest BCUT2D eigenvalue weighted by molar-refractivity contribution is 0.373. The van der Waals surface area contributed by atoms with Crippen molar-refractivity contribution in [1.82, 2.24) is 0 Å². The largest absolute Gasteiger partial charge is 0.0841 e. The smallest absolute Gasteiger partial charge is 0.00488 e. The van der Waals surface area contributed by atoms with Crippen molar-refractivity contribution in [3.05, 3.63) is 36.0 Å². The van der Waals surface area contributed by atoms with Gasteiger partial charge in [-0.3, -0.25) is 0 Å². The highest BCUT2D eigenvalue weighted by molar-refractivity contribution is 5.34. The molecule has 3 rings (SSSR count). The Morgan fingerprint density at radius 1 is 1.15 bits per heavy atom. The highest BCUT2D eigenvalue weighted by Gasteiger charge is 2.35. The van der Waals surface area contributed by atoms with Crippen LogP contribution in [0, 0.1) is 17.8 Å². The predicted octanol–water partition coefficient (Wildman–Crippen LogP) is 3.48. The van der Waals surface area contributed by atoms with Gasteiger partial charge in [-0.25, -0.2) is 0 Å². The lowest BCUT2D eigenvalue weighted by Crippen LogP contribution is -2.22. The monoisotopic (exact) mass is 172 g/mol. The topological polar surface area (TPSA) is 0 Å². The van der Waals surface area contributed by atoms with Gasteiger partial charge in [-0.15, -0.1) is 0 Å². The molecule has 0 spiro atoms. The lowest BCUT2D eigenvalue weighted by atomic mass is 9.73. The predicted molar refractivity (Wildman–Crippen MR) is 55.3 cm³/mol. The molecule has 3 aliphatic carbocycles. The zero-order valence-corrected chi connectivity index (χ0v) is 7.95. The van der Waals surface area contributed by atoms with Crippen molar-refractivity contribution in [2.75, 3.05) is 0 Å². The molecule has 0 amide bonds. The van der Waals surface area contributed by atoms with E-state index in [0.717, 1.165) is 24.2 Å². The Bertz CT molecular complexity index is 293. The van der Waals surface area contributed by atoms with Crippen LogP contribution in [0.1, 0.15) is 25.7 Å². The first-order chi connectivity index (χ1) is 6.45. The van der Waals surface area contributed by atoms with Gasteiger partial charge in [0.05, 0.1) is 0 Å². The summed E-state index contributed by atoms with van der Waals surface area (Å²) in [6.07, 6.45) is 17.5. The van der Waals surface area contributed by atoms with Gasteiger partial charge in [0.15, 0.2) is 0 Å². The minimum atomic E-state index is 0.770. The van der Waals surface area contributed by atoms with Crippen LogP contribution in [0.3, 0.4) is 0 Å². The molecule has 68 valence electrons. The Morgan fingerprint density at radius 2 is 2.15 bits per heavy atom. The van der Waals surface area contributed by atoms with E-state index in [9.17, 15) is 0 Å². The Balaban J connectivity index is 1.98. The standard InChI is InChI=1S/C13H16/c1-2-6-12-10(4-1)8-9-11-5-3-7-13(11)12/h2,4,6,8-9,11-13H,1,3,5,7H2. The first kappa shape index (κ1) is 7.61. The molecule has 0 aliphatic heterocycles. The SMILES string of the molecule is C1=CC2C(=CC1)C=CC1CCCC12. The maximum Gasteiger partial charge on any atom is 0.00488 e. The Morgan fingerprint density at radius 3 is 3.15 bits per heavy atom. The van der Waals surface area contributed by atoms with Crippen molar-refractivity contribution in [3.8, 4) is 0 Å². The van der Waals surface area contributed by atoms with Crippen LogP contribution in [0.5, 0.6) is 0 Å². The fourth-order valence-corrected chi connectivity index (χ4v) is 3.18. The third-order valence-electron chi connectivity index (χ3n) is 3.84. The molecule has 0 saturated heterocycles. The van der Waals surface area contributed by atoms with Gasteiger partial charge in [0, 0.05) is 5.92 Å². The summed E-state index contributed by atoms with van der Waals surface area (Å²) in [5.74, 6) is 2.60. The minimum absolute atomic E-state index is 0.770. The van der Waals surface area contributed by atoms with E-state index in [1.54, 1.807) is 5.57 Å². The number of hydrogen-bond donors (Lipinski definition) is 0. The zero-order valence-electron chi connectivity index (χ0n) is 7.95. The molecule has 3 aliphatic rings. The van der Waals surface area contributed by atoms with E-state index >= 15 is 0 Å². The average molecular weight is 172 g/mol. The van der Waals surface area contributed by atoms with Crippen LogP contribution in [0.2, 0.25) is 0 Å². The summed E-state index contributed by atoms with van der Waals surface area (Å²) in [6, 6.07) is 0. The van der Waals surface area contributed by atoms with Crippen LogP contribution in [0.4, 0.5) is 0 Å². The molecule has 0 aromatic carbocycles. The molecule has 13 heavy (non-hydrogen) atoms. The molecule has 0 heterocycles. The normalized spacial score (nSPS) is 41.2. The van der Waals surface area contributed by atoms with Crippen LogP contribution in [-0.4, -0.2) is 0 Å². The lowest BCUT2D eigenvalue weighted by Gasteiger charge is -2.31. The van der Waals surface area contributed by atoms with Crippen molar-refractivity contribution >= 4 is 0 Å². The number of rotatable bonds is 0. The van der Waals surface area contributed by atoms with Crippen LogP contribution in [0.15, 0.2) is 36.0 Å². The molecule has 0 radical (unpaired) electrons. The van der Waals surface area contributed by atoms with Gasteiger partial charge >= 0.3 is 0 Å². The highest BCUT2D eigenvalue weighted by Crippen LogP contribution is 2.45. The van der Waals surface area contributed by atoms with Gasteiger partial charge in [0.1, 0.15) is 0 Å². The number of fused-ring (bicyclic) bond motifs is 3. The molecule has 0 N–H and O–H groups in total. The molecular formula is C13H16. The molecule has 1 saturated carbocycles. The van der Waals surface area contributed by atoms with Crippen LogP contribution >= 0.6 is 0 Å². The van der Waals surface area contributed by atoms with Crippen molar-refractivity contribution in [3.63, 3.8) is 0 Å². The molecule has 0 aromatic rings. The van der Waals surface area contributed by atoms with E-state index in [-0.39, 0.29) is 0 Å². The summed E-state index contributed by atoms with van der Waals surface area (Å²) in [4.78, 5) is 0. The van der Waals surface area contributed by atoms with Crippen molar-refractivity contribution in [1.29, 1.82) is 0 Å². The Kier molecular flexibility index (Phi) is 1.68. The van der Waals surface area contributed by atoms with E-state index in [0.29, 0.717) is 0 Å². The fraction of sp³-hybridized carbons (Fsp3) is 0.538. The molecule has 0 nitrogen and oxygen atoms in total. The first-order valence-corrected chi connectivity index (χ1v) is 5.50. The summed E-state index contributed by atoms with van der Waals surface area (Å²) in [5.41, 5.74) is 1.59. The first-order valence-electron chi connectivity index (χ1n) is 5.50. The third-order valence-corrected chi connectivity index (χ3v) is 3.84. The van der Waals surface area contributed by atoms with E-state index in [2.05, 4.69) is 30.4 Å². The summed E-state index contributed by atoms with van der Waals surface area (Å²) in [6.45, 7) is 0. The minimum Gasteiger partial charge on any atom is -0.0841 e. The third kappa shape index (κ3) is 1.12. The van der Waals surface area contributed by atoms with Gasteiger partial charge in [-0.05, 0) is 36.7 Å². The summed E-state index contributed by atoms with van der Waals surface area (Å²) >= 11 is 0. The van der Waals surface area contributed by atoms with Crippen molar-refractivity contribution in [2.45, 2.75) is 25.7 Å². The zero-order chi connectivity index (χ0) is 8.67.